The third-order valence-corrected chi connectivity index (χ3v) is 1.30. The molecule has 0 bridgehead atoms. The minimum atomic E-state index is -0.0752. The van der Waals surface area contributed by atoms with Gasteiger partial charge in [-0.2, -0.15) is 0 Å². The zero-order chi connectivity index (χ0) is 6.57. The van der Waals surface area contributed by atoms with Crippen molar-refractivity contribution < 1.29 is 5.11 Å². The number of hydrogen-bond donors (Lipinski definition) is 0. The van der Waals surface area contributed by atoms with Crippen LogP contribution in [-0.2, 0) is 5.11 Å². The molecule has 0 saturated heterocycles. The quantitative estimate of drug-likeness (QED) is 0.506. The molecule has 2 nitrogen and oxygen atoms in total. The van der Waals surface area contributed by atoms with E-state index in [0.29, 0.717) is 6.04 Å². The molecule has 0 rings (SSSR count). The molecule has 0 aliphatic carbocycles. The van der Waals surface area contributed by atoms with Gasteiger partial charge in [-0.15, -0.1) is 0 Å². The van der Waals surface area contributed by atoms with Crippen molar-refractivity contribution in [3.63, 3.8) is 0 Å². The van der Waals surface area contributed by atoms with E-state index in [1.54, 1.807) is 0 Å². The van der Waals surface area contributed by atoms with Gasteiger partial charge in [0.2, 0.25) is 0 Å². The van der Waals surface area contributed by atoms with Crippen molar-refractivity contribution in [3.05, 3.63) is 0 Å². The van der Waals surface area contributed by atoms with Crippen molar-refractivity contribution in [2.45, 2.75) is 26.8 Å². The van der Waals surface area contributed by atoms with Crippen molar-refractivity contribution in [1.82, 2.24) is 4.90 Å². The summed E-state index contributed by atoms with van der Waals surface area (Å²) in [6, 6.07) is 0.400. The molecule has 0 fully saturated rings. The molecular formula is C6H14NO. The predicted octanol–water partition coefficient (Wildman–Crippen LogP) is 1.10. The second kappa shape index (κ2) is 3.87. The molecular weight excluding hydrogens is 102 g/mol. The first-order chi connectivity index (χ1) is 3.72. The molecule has 0 aromatic heterocycles. The van der Waals surface area contributed by atoms with Crippen LogP contribution >= 0.6 is 0 Å². The van der Waals surface area contributed by atoms with Gasteiger partial charge in [0.05, 0.1) is 0 Å². The first-order valence-electron chi connectivity index (χ1n) is 3.04. The Bertz CT molecular complexity index is 50.5. The monoisotopic (exact) mass is 116 g/mol. The van der Waals surface area contributed by atoms with Gasteiger partial charge >= 0.3 is 0 Å². The Hall–Kier alpha value is -0.0800. The molecule has 1 radical (unpaired) electrons. The first kappa shape index (κ1) is 7.92. The summed E-state index contributed by atoms with van der Waals surface area (Å²) in [4.78, 5) is 1.86. The van der Waals surface area contributed by atoms with E-state index < -0.39 is 0 Å². The highest BCUT2D eigenvalue weighted by atomic mass is 16.3. The Morgan fingerprint density at radius 2 is 2.00 bits per heavy atom. The van der Waals surface area contributed by atoms with Crippen LogP contribution in [0.1, 0.15) is 20.8 Å². The van der Waals surface area contributed by atoms with Gasteiger partial charge < -0.3 is 0 Å². The summed E-state index contributed by atoms with van der Waals surface area (Å²) in [5.74, 6) is 0. The average molecular weight is 116 g/mol. The largest absolute Gasteiger partial charge is 0.276 e. The second-order valence-electron chi connectivity index (χ2n) is 2.13. The Morgan fingerprint density at radius 1 is 1.50 bits per heavy atom. The summed E-state index contributed by atoms with van der Waals surface area (Å²) >= 11 is 0. The fraction of sp³-hybridized carbons (Fsp3) is 1.00. The summed E-state index contributed by atoms with van der Waals surface area (Å²) in [6.07, 6.45) is 0. The standard InChI is InChI=1S/C6H14NO/c1-4-7(5-8)6(2)3/h6H,4-5H2,1-3H3. The van der Waals surface area contributed by atoms with Crippen LogP contribution in [0.25, 0.3) is 0 Å². The molecule has 0 heterocycles. The van der Waals surface area contributed by atoms with Crippen LogP contribution in [0.4, 0.5) is 0 Å². The van der Waals surface area contributed by atoms with Crippen molar-refractivity contribution in [2.24, 2.45) is 0 Å². The van der Waals surface area contributed by atoms with Crippen molar-refractivity contribution in [3.8, 4) is 0 Å². The lowest BCUT2D eigenvalue weighted by atomic mass is 10.3. The molecule has 0 aliphatic heterocycles. The van der Waals surface area contributed by atoms with E-state index in [0.717, 1.165) is 6.54 Å². The third-order valence-electron chi connectivity index (χ3n) is 1.30. The molecule has 0 spiro atoms. The van der Waals surface area contributed by atoms with Crippen LogP contribution in [-0.4, -0.2) is 24.2 Å². The van der Waals surface area contributed by atoms with Gasteiger partial charge in [-0.05, 0) is 20.4 Å². The van der Waals surface area contributed by atoms with E-state index in [9.17, 15) is 5.11 Å². The molecule has 0 atom stereocenters. The SMILES string of the molecule is CCN(C[O])C(C)C. The van der Waals surface area contributed by atoms with Crippen LogP contribution in [0, 0.1) is 0 Å². The highest BCUT2D eigenvalue weighted by Gasteiger charge is 2.02. The Balaban J connectivity index is 3.35. The summed E-state index contributed by atoms with van der Waals surface area (Å²) in [5.41, 5.74) is 0. The van der Waals surface area contributed by atoms with E-state index >= 15 is 0 Å². The minimum absolute atomic E-state index is 0.0752. The predicted molar refractivity (Wildman–Crippen MR) is 33.1 cm³/mol. The van der Waals surface area contributed by atoms with Crippen LogP contribution in [0.3, 0.4) is 0 Å². The molecule has 2 heteroatoms. The fourth-order valence-corrected chi connectivity index (χ4v) is 0.606. The van der Waals surface area contributed by atoms with Gasteiger partial charge in [-0.3, -0.25) is 4.90 Å². The summed E-state index contributed by atoms with van der Waals surface area (Å²) in [7, 11) is 0. The molecule has 0 saturated carbocycles. The molecule has 0 N–H and O–H groups in total. The molecule has 49 valence electrons. The number of rotatable bonds is 3. The number of hydrogen-bond acceptors (Lipinski definition) is 1. The summed E-state index contributed by atoms with van der Waals surface area (Å²) < 4.78 is 0. The van der Waals surface area contributed by atoms with Crippen molar-refractivity contribution in [1.29, 1.82) is 0 Å². The summed E-state index contributed by atoms with van der Waals surface area (Å²) in [5, 5.41) is 10.2. The minimum Gasteiger partial charge on any atom is -0.276 e. The maximum atomic E-state index is 10.2. The van der Waals surface area contributed by atoms with Crippen LogP contribution in [0.2, 0.25) is 0 Å². The normalized spacial score (nSPS) is 11.2. The highest BCUT2D eigenvalue weighted by molar-refractivity contribution is 4.53. The van der Waals surface area contributed by atoms with Crippen molar-refractivity contribution in [2.75, 3.05) is 13.3 Å². The zero-order valence-electron chi connectivity index (χ0n) is 5.85. The molecule has 0 unspecified atom stereocenters. The van der Waals surface area contributed by atoms with E-state index in [-0.39, 0.29) is 6.73 Å². The van der Waals surface area contributed by atoms with E-state index in [2.05, 4.69) is 0 Å². The number of nitrogens with zero attached hydrogens (tertiary/aromatic N) is 1. The smallest absolute Gasteiger partial charge is 0.135 e. The van der Waals surface area contributed by atoms with Crippen molar-refractivity contribution >= 4 is 0 Å². The van der Waals surface area contributed by atoms with E-state index in [1.807, 2.05) is 25.7 Å². The van der Waals surface area contributed by atoms with Crippen LogP contribution < -0.4 is 0 Å². The van der Waals surface area contributed by atoms with Gasteiger partial charge in [0.15, 0.2) is 0 Å². The topological polar surface area (TPSA) is 23.1 Å². The maximum Gasteiger partial charge on any atom is 0.135 e. The maximum absolute atomic E-state index is 10.2. The van der Waals surface area contributed by atoms with E-state index in [4.69, 9.17) is 0 Å². The highest BCUT2D eigenvalue weighted by Crippen LogP contribution is 1.93. The van der Waals surface area contributed by atoms with Gasteiger partial charge in [0.25, 0.3) is 0 Å². The lowest BCUT2D eigenvalue weighted by Crippen LogP contribution is -2.30. The van der Waals surface area contributed by atoms with Gasteiger partial charge in [-0.25, -0.2) is 5.11 Å². The third kappa shape index (κ3) is 2.28. The molecule has 0 amide bonds. The Labute approximate surface area is 51.1 Å². The van der Waals surface area contributed by atoms with Crippen LogP contribution in [0.5, 0.6) is 0 Å². The van der Waals surface area contributed by atoms with Gasteiger partial charge in [0.1, 0.15) is 6.73 Å². The summed E-state index contributed by atoms with van der Waals surface area (Å²) in [6.45, 7) is 6.84. The Morgan fingerprint density at radius 3 is 2.00 bits per heavy atom. The van der Waals surface area contributed by atoms with Gasteiger partial charge in [0, 0.05) is 6.04 Å². The second-order valence-corrected chi connectivity index (χ2v) is 2.13. The Kier molecular flexibility index (Phi) is 3.83. The van der Waals surface area contributed by atoms with E-state index in [1.165, 1.54) is 0 Å². The fourth-order valence-electron chi connectivity index (χ4n) is 0.606. The van der Waals surface area contributed by atoms with Crippen LogP contribution in [0.15, 0.2) is 0 Å². The molecule has 0 aromatic carbocycles. The molecule has 0 aromatic rings. The molecule has 0 aliphatic rings. The molecule has 8 heavy (non-hydrogen) atoms. The lowest BCUT2D eigenvalue weighted by molar-refractivity contribution is 0.0349. The average Bonchev–Trinajstić information content (AvgIpc) is 1.69. The first-order valence-corrected chi connectivity index (χ1v) is 3.04. The van der Waals surface area contributed by atoms with Gasteiger partial charge in [-0.1, -0.05) is 6.92 Å². The lowest BCUT2D eigenvalue weighted by Gasteiger charge is -2.19. The zero-order valence-corrected chi connectivity index (χ0v) is 5.85.